The molecule has 1 aliphatic heterocycles. The zero-order chi connectivity index (χ0) is 11.8. The summed E-state index contributed by atoms with van der Waals surface area (Å²) in [5, 5.41) is 11.0. The van der Waals surface area contributed by atoms with E-state index < -0.39 is 5.41 Å². The Morgan fingerprint density at radius 2 is 2.38 bits per heavy atom. The van der Waals surface area contributed by atoms with Gasteiger partial charge in [0.2, 0.25) is 5.91 Å². The zero-order valence-electron chi connectivity index (χ0n) is 9.49. The zero-order valence-corrected chi connectivity index (χ0v) is 10.3. The van der Waals surface area contributed by atoms with Crippen LogP contribution in [0.3, 0.4) is 0 Å². The number of amides is 1. The van der Waals surface area contributed by atoms with Gasteiger partial charge in [-0.2, -0.15) is 5.26 Å². The summed E-state index contributed by atoms with van der Waals surface area (Å²) >= 11 is 1.75. The number of fused-ring (bicyclic) bond motifs is 1. The van der Waals surface area contributed by atoms with Gasteiger partial charge in [-0.25, -0.2) is 0 Å². The van der Waals surface area contributed by atoms with Crippen molar-refractivity contribution in [3.63, 3.8) is 0 Å². The second-order valence-corrected chi connectivity index (χ2v) is 5.58. The van der Waals surface area contributed by atoms with Crippen LogP contribution >= 0.6 is 11.3 Å². The lowest BCUT2D eigenvalue weighted by Crippen LogP contribution is -2.42. The topological polar surface area (TPSA) is 44.1 Å². The van der Waals surface area contributed by atoms with E-state index in [4.69, 9.17) is 5.26 Å². The first kappa shape index (κ1) is 11.2. The first-order valence-electron chi connectivity index (χ1n) is 5.30. The molecule has 1 amide bonds. The Labute approximate surface area is 99.3 Å². The summed E-state index contributed by atoms with van der Waals surface area (Å²) in [4.78, 5) is 15.3. The van der Waals surface area contributed by atoms with Crippen LogP contribution in [0.5, 0.6) is 0 Å². The molecule has 2 rings (SSSR count). The molecule has 0 N–H and O–H groups in total. The van der Waals surface area contributed by atoms with E-state index >= 15 is 0 Å². The number of rotatable bonds is 1. The van der Waals surface area contributed by atoms with Crippen LogP contribution in [0.25, 0.3) is 0 Å². The van der Waals surface area contributed by atoms with E-state index in [2.05, 4.69) is 17.5 Å². The quantitative estimate of drug-likeness (QED) is 0.747. The van der Waals surface area contributed by atoms with Crippen LogP contribution in [0.1, 0.15) is 24.3 Å². The van der Waals surface area contributed by atoms with E-state index in [1.807, 2.05) is 0 Å². The van der Waals surface area contributed by atoms with Gasteiger partial charge in [0.15, 0.2) is 0 Å². The Bertz CT molecular complexity index is 456. The molecule has 3 nitrogen and oxygen atoms in total. The summed E-state index contributed by atoms with van der Waals surface area (Å²) in [6, 6.07) is 4.14. The summed E-state index contributed by atoms with van der Waals surface area (Å²) in [5.74, 6) is -0.0631. The molecule has 0 unspecified atom stereocenters. The lowest BCUT2D eigenvalue weighted by atomic mass is 9.93. The maximum atomic E-state index is 12.1. The van der Waals surface area contributed by atoms with Crippen molar-refractivity contribution in [2.24, 2.45) is 5.41 Å². The number of carbonyl (C=O) groups is 1. The van der Waals surface area contributed by atoms with Crippen molar-refractivity contribution in [1.29, 1.82) is 5.26 Å². The van der Waals surface area contributed by atoms with Gasteiger partial charge in [-0.05, 0) is 37.3 Å². The fraction of sp³-hybridized carbons (Fsp3) is 0.500. The largest absolute Gasteiger partial charge is 0.337 e. The number of hydrogen-bond donors (Lipinski definition) is 0. The smallest absolute Gasteiger partial charge is 0.242 e. The fourth-order valence-electron chi connectivity index (χ4n) is 1.86. The van der Waals surface area contributed by atoms with E-state index in [0.717, 1.165) is 13.0 Å². The molecule has 0 spiro atoms. The van der Waals surface area contributed by atoms with E-state index in [1.54, 1.807) is 30.1 Å². The van der Waals surface area contributed by atoms with Gasteiger partial charge >= 0.3 is 0 Å². The molecule has 0 saturated carbocycles. The van der Waals surface area contributed by atoms with Crippen LogP contribution in [-0.2, 0) is 17.8 Å². The highest BCUT2D eigenvalue weighted by Crippen LogP contribution is 2.27. The van der Waals surface area contributed by atoms with E-state index in [0.29, 0.717) is 6.54 Å². The number of nitriles is 1. The normalized spacial score (nSPS) is 15.4. The average molecular weight is 234 g/mol. The Morgan fingerprint density at radius 1 is 1.62 bits per heavy atom. The molecule has 1 aromatic heterocycles. The van der Waals surface area contributed by atoms with Gasteiger partial charge in [-0.1, -0.05) is 0 Å². The predicted molar refractivity (Wildman–Crippen MR) is 62.8 cm³/mol. The molecular formula is C12H14N2OS. The van der Waals surface area contributed by atoms with Gasteiger partial charge in [-0.15, -0.1) is 11.3 Å². The lowest BCUT2D eigenvalue weighted by Gasteiger charge is -2.31. The predicted octanol–water partition coefficient (Wildman–Crippen LogP) is 2.18. The van der Waals surface area contributed by atoms with E-state index in [9.17, 15) is 4.79 Å². The molecule has 1 aromatic rings. The minimum absolute atomic E-state index is 0.0631. The van der Waals surface area contributed by atoms with Crippen LogP contribution in [-0.4, -0.2) is 17.4 Å². The highest BCUT2D eigenvalue weighted by atomic mass is 32.1. The standard InChI is InChI=1S/C12H14N2OS/c1-12(2,8-13)11(15)14-5-3-10-9(7-14)4-6-16-10/h4,6H,3,5,7H2,1-2H3. The van der Waals surface area contributed by atoms with Crippen molar-refractivity contribution in [3.8, 4) is 6.07 Å². The first-order valence-corrected chi connectivity index (χ1v) is 6.18. The molecule has 1 aliphatic rings. The van der Waals surface area contributed by atoms with Crippen molar-refractivity contribution < 1.29 is 4.79 Å². The number of nitrogens with zero attached hydrogens (tertiary/aromatic N) is 2. The van der Waals surface area contributed by atoms with Gasteiger partial charge in [0.25, 0.3) is 0 Å². The minimum Gasteiger partial charge on any atom is -0.337 e. The molecule has 0 aliphatic carbocycles. The maximum Gasteiger partial charge on any atom is 0.242 e. The van der Waals surface area contributed by atoms with Crippen molar-refractivity contribution in [1.82, 2.24) is 4.90 Å². The van der Waals surface area contributed by atoms with Crippen LogP contribution in [0.15, 0.2) is 11.4 Å². The number of thiophene rings is 1. The fourth-order valence-corrected chi connectivity index (χ4v) is 2.75. The second-order valence-electron chi connectivity index (χ2n) is 4.58. The Morgan fingerprint density at radius 3 is 3.06 bits per heavy atom. The molecule has 16 heavy (non-hydrogen) atoms. The molecular weight excluding hydrogens is 220 g/mol. The summed E-state index contributed by atoms with van der Waals surface area (Å²) in [5.41, 5.74) is 0.325. The highest BCUT2D eigenvalue weighted by Gasteiger charge is 2.33. The van der Waals surface area contributed by atoms with Crippen LogP contribution in [0, 0.1) is 16.7 Å². The summed E-state index contributed by atoms with van der Waals surface area (Å²) in [7, 11) is 0. The average Bonchev–Trinajstić information content (AvgIpc) is 2.74. The van der Waals surface area contributed by atoms with Crippen molar-refractivity contribution >= 4 is 17.2 Å². The number of carbonyl (C=O) groups excluding carboxylic acids is 1. The molecule has 0 fully saturated rings. The molecule has 0 radical (unpaired) electrons. The third kappa shape index (κ3) is 1.83. The number of hydrogen-bond acceptors (Lipinski definition) is 3. The van der Waals surface area contributed by atoms with Crippen LogP contribution in [0.2, 0.25) is 0 Å². The van der Waals surface area contributed by atoms with E-state index in [1.165, 1.54) is 10.4 Å². The van der Waals surface area contributed by atoms with Gasteiger partial charge in [0.1, 0.15) is 5.41 Å². The molecule has 0 bridgehead atoms. The third-order valence-corrected chi connectivity index (χ3v) is 3.93. The SMILES string of the molecule is CC(C)(C#N)C(=O)N1CCc2sccc2C1. The summed E-state index contributed by atoms with van der Waals surface area (Å²) < 4.78 is 0. The first-order chi connectivity index (χ1) is 7.54. The summed E-state index contributed by atoms with van der Waals surface area (Å²) in [6.45, 7) is 4.75. The third-order valence-electron chi connectivity index (χ3n) is 2.91. The highest BCUT2D eigenvalue weighted by molar-refractivity contribution is 7.10. The Balaban J connectivity index is 2.16. The maximum absolute atomic E-state index is 12.1. The summed E-state index contributed by atoms with van der Waals surface area (Å²) in [6.07, 6.45) is 0.917. The Kier molecular flexibility index (Phi) is 2.73. The lowest BCUT2D eigenvalue weighted by molar-refractivity contribution is -0.138. The molecule has 4 heteroatoms. The minimum atomic E-state index is -0.909. The van der Waals surface area contributed by atoms with Crippen molar-refractivity contribution in [2.45, 2.75) is 26.8 Å². The van der Waals surface area contributed by atoms with Gasteiger partial charge < -0.3 is 4.90 Å². The van der Waals surface area contributed by atoms with Crippen LogP contribution < -0.4 is 0 Å². The van der Waals surface area contributed by atoms with Crippen molar-refractivity contribution in [3.05, 3.63) is 21.9 Å². The Hall–Kier alpha value is -1.34. The molecule has 0 saturated heterocycles. The van der Waals surface area contributed by atoms with Gasteiger partial charge in [-0.3, -0.25) is 4.79 Å². The van der Waals surface area contributed by atoms with Crippen LogP contribution in [0.4, 0.5) is 0 Å². The molecule has 84 valence electrons. The molecule has 0 aromatic carbocycles. The molecule has 0 atom stereocenters. The monoisotopic (exact) mass is 234 g/mol. The van der Waals surface area contributed by atoms with Gasteiger partial charge in [0.05, 0.1) is 6.07 Å². The van der Waals surface area contributed by atoms with Gasteiger partial charge in [0, 0.05) is 18.0 Å². The molecule has 2 heterocycles. The van der Waals surface area contributed by atoms with E-state index in [-0.39, 0.29) is 5.91 Å². The second kappa shape index (κ2) is 3.91. The van der Waals surface area contributed by atoms with Crippen molar-refractivity contribution in [2.75, 3.05) is 6.54 Å².